The van der Waals surface area contributed by atoms with Crippen molar-refractivity contribution in [3.05, 3.63) is 0 Å². The molecule has 0 aliphatic carbocycles. The fraction of sp³-hybridized carbons (Fsp3) is 1.00. The molecular formula is C4H8Cl6Ge2O5S2. The summed E-state index contributed by atoms with van der Waals surface area (Å²) in [6.45, 7) is 2.11. The zero-order valence-corrected chi connectivity index (χ0v) is 19.6. The third-order valence-corrected chi connectivity index (χ3v) is 30.6. The Morgan fingerprint density at radius 3 is 1.11 bits per heavy atom. The molecule has 0 rings (SSSR count). The summed E-state index contributed by atoms with van der Waals surface area (Å²) in [4.78, 5) is 0. The Bertz CT molecular complexity index is 473. The molecule has 0 amide bonds. The summed E-state index contributed by atoms with van der Waals surface area (Å²) in [7, 11) is 15.7. The van der Waals surface area contributed by atoms with Crippen LogP contribution in [0, 0.1) is 0 Å². The fourth-order valence-corrected chi connectivity index (χ4v) is 19.0. The van der Waals surface area contributed by atoms with E-state index in [4.69, 9.17) is 60.1 Å². The third kappa shape index (κ3) is 6.76. The van der Waals surface area contributed by atoms with Crippen LogP contribution >= 0.6 is 60.1 Å². The molecule has 0 aromatic heterocycles. The standard InChI is InChI=1S/C4H8Cl6Ge2O5S2/c1-3(11(5,6)7)18(13,14)17-19(15,16)4(2)12(8,9)10/h3-4H,1-2H3. The van der Waals surface area contributed by atoms with Gasteiger partial charge in [-0.25, -0.2) is 0 Å². The average molecular weight is 558 g/mol. The van der Waals surface area contributed by atoms with Gasteiger partial charge in [0.25, 0.3) is 0 Å². The predicted molar refractivity (Wildman–Crippen MR) is 84.5 cm³/mol. The second-order valence-corrected chi connectivity index (χ2v) is 41.9. The Morgan fingerprint density at radius 1 is 0.737 bits per heavy atom. The van der Waals surface area contributed by atoms with Crippen molar-refractivity contribution < 1.29 is 20.5 Å². The summed E-state index contributed by atoms with van der Waals surface area (Å²) in [5.41, 5.74) is 0. The Labute approximate surface area is 142 Å². The summed E-state index contributed by atoms with van der Waals surface area (Å²) >= 11 is 0. The first-order chi connectivity index (χ1) is 8.02. The van der Waals surface area contributed by atoms with Gasteiger partial charge in [0.1, 0.15) is 0 Å². The maximum absolute atomic E-state index is 11.7. The summed E-state index contributed by atoms with van der Waals surface area (Å²) in [6.07, 6.45) is 0. The van der Waals surface area contributed by atoms with Crippen LogP contribution in [0.3, 0.4) is 0 Å². The number of rotatable bonds is 6. The normalized spacial score (nSPS) is 18.1. The molecule has 19 heavy (non-hydrogen) atoms. The molecule has 0 saturated carbocycles. The van der Waals surface area contributed by atoms with Crippen molar-refractivity contribution in [1.29, 1.82) is 0 Å². The molecule has 0 aliphatic rings. The van der Waals surface area contributed by atoms with E-state index in [0.717, 1.165) is 13.8 Å². The van der Waals surface area contributed by atoms with E-state index in [1.54, 1.807) is 0 Å². The van der Waals surface area contributed by atoms with Gasteiger partial charge < -0.3 is 0 Å². The molecule has 0 aliphatic heterocycles. The van der Waals surface area contributed by atoms with Crippen molar-refractivity contribution >= 4 is 101 Å². The minimum atomic E-state index is -4.63. The molecule has 0 aromatic rings. The molecule has 2 unspecified atom stereocenters. The topological polar surface area (TPSA) is 77.5 Å². The molecule has 0 N–H and O–H groups in total. The van der Waals surface area contributed by atoms with E-state index < -0.39 is 49.4 Å². The van der Waals surface area contributed by atoms with Gasteiger partial charge in [-0.15, -0.1) is 0 Å². The minimum absolute atomic E-state index is 1.05. The van der Waals surface area contributed by atoms with Crippen LogP contribution in [0.1, 0.15) is 13.8 Å². The molecule has 0 aromatic carbocycles. The first kappa shape index (κ1) is 21.7. The second-order valence-electron chi connectivity index (χ2n) is 3.42. The van der Waals surface area contributed by atoms with E-state index in [2.05, 4.69) is 3.63 Å². The summed E-state index contributed by atoms with van der Waals surface area (Å²) in [5, 5.41) is 0. The van der Waals surface area contributed by atoms with E-state index in [-0.39, 0.29) is 0 Å². The van der Waals surface area contributed by atoms with Gasteiger partial charge in [0.2, 0.25) is 0 Å². The van der Waals surface area contributed by atoms with Crippen LogP contribution in [-0.4, -0.2) is 46.0 Å². The molecular weight excluding hydrogens is 550 g/mol. The Kier molecular flexibility index (Phi) is 8.06. The molecule has 2 atom stereocenters. The Morgan fingerprint density at radius 2 is 0.947 bits per heavy atom. The van der Waals surface area contributed by atoms with Crippen LogP contribution in [-0.2, 0) is 23.9 Å². The van der Waals surface area contributed by atoms with Gasteiger partial charge in [-0.3, -0.25) is 0 Å². The summed E-state index contributed by atoms with van der Waals surface area (Å²) in [5.74, 6) is 0. The van der Waals surface area contributed by atoms with Gasteiger partial charge in [0.15, 0.2) is 0 Å². The average Bonchev–Trinajstić information content (AvgIpc) is 2.10. The molecule has 0 bridgehead atoms. The zero-order chi connectivity index (χ0) is 15.9. The molecule has 0 heterocycles. The van der Waals surface area contributed by atoms with Crippen molar-refractivity contribution in [3.8, 4) is 0 Å². The van der Waals surface area contributed by atoms with E-state index in [0.29, 0.717) is 0 Å². The first-order valence-electron chi connectivity index (χ1n) is 4.34. The van der Waals surface area contributed by atoms with Crippen molar-refractivity contribution in [1.82, 2.24) is 0 Å². The quantitative estimate of drug-likeness (QED) is 0.469. The maximum atomic E-state index is 11.7. The van der Waals surface area contributed by atoms with Crippen molar-refractivity contribution in [2.75, 3.05) is 0 Å². The van der Waals surface area contributed by atoms with Crippen LogP contribution in [0.2, 0.25) is 0 Å². The Hall–Kier alpha value is 2.69. The molecule has 0 radical (unpaired) electrons. The molecule has 0 fully saturated rings. The van der Waals surface area contributed by atoms with E-state index in [9.17, 15) is 16.8 Å². The van der Waals surface area contributed by atoms with Gasteiger partial charge in [-0.05, 0) is 0 Å². The van der Waals surface area contributed by atoms with Crippen molar-refractivity contribution in [3.63, 3.8) is 0 Å². The second kappa shape index (κ2) is 7.06. The van der Waals surface area contributed by atoms with Crippen LogP contribution in [0.4, 0.5) is 0 Å². The monoisotopic (exact) mass is 558 g/mol. The molecule has 15 heteroatoms. The number of hydrogen-bond acceptors (Lipinski definition) is 5. The summed E-state index contributed by atoms with van der Waals surface area (Å²) < 4.78 is 47.9. The van der Waals surface area contributed by atoms with Gasteiger partial charge >= 0.3 is 144 Å². The van der Waals surface area contributed by atoms with Crippen molar-refractivity contribution in [2.24, 2.45) is 0 Å². The number of halogens is 6. The van der Waals surface area contributed by atoms with Crippen LogP contribution in [0.5, 0.6) is 0 Å². The fourth-order valence-electron chi connectivity index (χ4n) is 0.577. The summed E-state index contributed by atoms with van der Waals surface area (Å²) in [6, 6.07) is 0. The van der Waals surface area contributed by atoms with Crippen LogP contribution < -0.4 is 0 Å². The molecule has 0 spiro atoms. The van der Waals surface area contributed by atoms with Crippen LogP contribution in [0.25, 0.3) is 0 Å². The van der Waals surface area contributed by atoms with E-state index in [1.807, 2.05) is 0 Å². The van der Waals surface area contributed by atoms with Gasteiger partial charge in [-0.1, -0.05) is 0 Å². The molecule has 116 valence electrons. The van der Waals surface area contributed by atoms with Gasteiger partial charge in [0, 0.05) is 0 Å². The van der Waals surface area contributed by atoms with Crippen molar-refractivity contribution in [2.45, 2.75) is 22.0 Å². The third-order valence-electron chi connectivity index (χ3n) is 1.98. The van der Waals surface area contributed by atoms with Crippen LogP contribution in [0.15, 0.2) is 0 Å². The Balaban J connectivity index is 5.38. The van der Waals surface area contributed by atoms with Gasteiger partial charge in [-0.2, -0.15) is 0 Å². The predicted octanol–water partition coefficient (Wildman–Crippen LogP) is 2.83. The SMILES string of the molecule is C[CH](S(=O)(=O)OS(=O)(=O)[CH](C)[Ge]([Cl])([Cl])[Cl])[Ge]([Cl])([Cl])[Cl]. The van der Waals surface area contributed by atoms with Gasteiger partial charge in [0.05, 0.1) is 0 Å². The van der Waals surface area contributed by atoms with E-state index in [1.165, 1.54) is 0 Å². The molecule has 0 saturated heterocycles. The number of hydrogen-bond donors (Lipinski definition) is 0. The van der Waals surface area contributed by atoms with E-state index >= 15 is 0 Å². The molecule has 5 nitrogen and oxygen atoms in total. The zero-order valence-electron chi connectivity index (χ0n) is 9.28. The first-order valence-corrected chi connectivity index (χ1v) is 26.2.